The van der Waals surface area contributed by atoms with E-state index in [1.54, 1.807) is 52.5 Å². The lowest BCUT2D eigenvalue weighted by atomic mass is 9.66. The SMILES string of the molecule is [2H]C([2H])([2H])Oc1cc([C@@H]2c3cc4c(cc3[C@@H](O[C@@H]3O[C@H]5[C@@H](O[C@H](c6cccs6)OC5([2H])[2H])[C@H](O)[C@H]3O)[C@H]3COC(=O)[C@H]23)OC([2H])([2H])O4)cc(OC([2H])([2H])[2H])c1O.[2H]C1([2H])Oc2cc3c(cc2O1)[C@@H](O[C@@H]1O[C@H]2[C@@H](O[C@H](c4cccs4)OC2([2H])[2H])[C@H](O)[C@H]1O)[C@@H]1[C@H](C(=O)OC1([2H])[2H])[C@@H]3c1cc(OC)c(O)c(OC)c1.[2H]C1([2H])Oc2cc3c(cc2O1)[C@@]([2H])(c1cc(OC)c(O)c(OC)c1)[C@H]1C(=O)OC([2H])([2H])[C@@H]1[C@@H]3O[C@@H]1O[C@H]2[C@@H](O[C@H](c3cccs3)OC2([2H])[2H])[C@H](O)[C@H]1O. The number of carbonyl (C=O) groups excluding carboxylic acids is 3. The Bertz CT molecular complexity index is 7080. The summed E-state index contributed by atoms with van der Waals surface area (Å²) in [6.45, 7) is -21.5. The Hall–Kier alpha value is -10.9. The smallest absolute Gasteiger partial charge is 0.310 e. The number of rotatable bonds is 18. The molecule has 15 aliphatic rings. The average molecular weight is 1990 g/mol. The lowest BCUT2D eigenvalue weighted by Gasteiger charge is -2.48. The van der Waals surface area contributed by atoms with Crippen LogP contribution in [0.3, 0.4) is 0 Å². The molecule has 30 atom stereocenters. The van der Waals surface area contributed by atoms with E-state index in [9.17, 15) is 61.7 Å². The van der Waals surface area contributed by atoms with Gasteiger partial charge in [-0.3, -0.25) is 14.4 Å². The first kappa shape index (κ1) is 69.0. The Morgan fingerprint density at radius 3 is 1.02 bits per heavy atom. The number of phenolic OH excluding ortho intramolecular Hbond substituents is 3. The highest BCUT2D eigenvalue weighted by Crippen LogP contribution is 2.63. The first-order valence-corrected chi connectivity index (χ1v) is 45.2. The molecule has 42 heteroatoms. The Morgan fingerprint density at radius 1 is 0.355 bits per heavy atom. The van der Waals surface area contributed by atoms with Gasteiger partial charge in [0.05, 0.1) is 155 Å². The van der Waals surface area contributed by atoms with Crippen LogP contribution in [0.4, 0.5) is 0 Å². The molecule has 0 unspecified atom stereocenters. The van der Waals surface area contributed by atoms with Crippen molar-refractivity contribution in [1.29, 1.82) is 0 Å². The molecule has 3 aromatic heterocycles. The predicted molar refractivity (Wildman–Crippen MR) is 468 cm³/mol. The van der Waals surface area contributed by atoms with Crippen LogP contribution in [-0.4, -0.2) is 258 Å². The second-order valence-corrected chi connectivity index (χ2v) is 36.4. The molecule has 0 bridgehead atoms. The summed E-state index contributed by atoms with van der Waals surface area (Å²) in [5.74, 6) is -20.2. The quantitative estimate of drug-likeness (QED) is 0.0288. The molecule has 0 spiro atoms. The number of fused-ring (bicyclic) bond motifs is 12. The van der Waals surface area contributed by atoms with Gasteiger partial charge in [0.2, 0.25) is 37.5 Å². The van der Waals surface area contributed by atoms with Crippen molar-refractivity contribution in [3.8, 4) is 86.2 Å². The summed E-state index contributed by atoms with van der Waals surface area (Å²) in [4.78, 5) is 42.8. The lowest BCUT2D eigenvalue weighted by molar-refractivity contribution is -0.368. The Labute approximate surface area is 829 Å². The number of aromatic hydroxyl groups is 3. The van der Waals surface area contributed by atoms with Gasteiger partial charge in [-0.25, -0.2) is 0 Å². The minimum Gasteiger partial charge on any atom is -0.502 e. The number of hydrogen-bond acceptors (Lipinski definition) is 42. The second-order valence-electron chi connectivity index (χ2n) is 33.4. The Kier molecular flexibility index (Phi) is 18.8. The molecular weight excluding hydrogens is 1870 g/mol. The van der Waals surface area contributed by atoms with Crippen LogP contribution in [0.2, 0.25) is 0 Å². The zero-order chi connectivity index (χ0) is 115. The van der Waals surface area contributed by atoms with E-state index in [1.165, 1.54) is 123 Å². The largest absolute Gasteiger partial charge is 0.502 e. The zero-order valence-corrected chi connectivity index (χ0v) is 74.0. The summed E-state index contributed by atoms with van der Waals surface area (Å²) in [7, 11) is -1.15. The Morgan fingerprint density at radius 2 is 0.667 bits per heavy atom. The minimum atomic E-state index is -3.14. The highest BCUT2D eigenvalue weighted by Gasteiger charge is 2.62. The number of thiophene rings is 3. The van der Waals surface area contributed by atoms with Crippen LogP contribution >= 0.6 is 34.0 Å². The van der Waals surface area contributed by atoms with E-state index >= 15 is 0 Å². The summed E-state index contributed by atoms with van der Waals surface area (Å²) in [6.07, 6.45) is -34.0. The topological polar surface area (TPSA) is 482 Å². The van der Waals surface area contributed by atoms with Crippen molar-refractivity contribution < 1.29 is 220 Å². The summed E-state index contributed by atoms with van der Waals surface area (Å²) in [5, 5.41) is 106. The molecule has 732 valence electrons. The molecule has 0 amide bonds. The molecule has 9 fully saturated rings. The molecule has 0 saturated carbocycles. The molecule has 9 saturated heterocycles. The van der Waals surface area contributed by atoms with Crippen LogP contribution in [0.25, 0.3) is 0 Å². The van der Waals surface area contributed by atoms with E-state index in [0.29, 0.717) is 20.2 Å². The first-order valence-electron chi connectivity index (χ1n) is 54.1. The Balaban J connectivity index is 0.000000134. The zero-order valence-electron chi connectivity index (χ0n) is 94.6. The normalized spacial score (nSPS) is 40.4. The van der Waals surface area contributed by atoms with Gasteiger partial charge < -0.3 is 174 Å². The third-order valence-corrected chi connectivity index (χ3v) is 28.8. The van der Waals surface area contributed by atoms with E-state index in [1.807, 2.05) is 0 Å². The summed E-state index contributed by atoms with van der Waals surface area (Å²) < 4.78 is 342. The van der Waals surface area contributed by atoms with Crippen molar-refractivity contribution in [2.75, 3.05) is 102 Å². The minimum absolute atomic E-state index is 0.00562. The maximum absolute atomic E-state index is 13.8. The van der Waals surface area contributed by atoms with Crippen LogP contribution in [0.15, 0.2) is 125 Å². The van der Waals surface area contributed by atoms with E-state index in [-0.39, 0.29) is 114 Å². The predicted octanol–water partition coefficient (Wildman–Crippen LogP) is 8.26. The van der Waals surface area contributed by atoms with Gasteiger partial charge in [0.25, 0.3) is 0 Å². The van der Waals surface area contributed by atoms with Gasteiger partial charge in [0, 0.05) is 36.9 Å². The number of carbonyl (C=O) groups is 3. The van der Waals surface area contributed by atoms with Crippen LogP contribution in [0.1, 0.15) is 151 Å². The van der Waals surface area contributed by atoms with Crippen LogP contribution in [0.5, 0.6) is 86.2 Å². The highest BCUT2D eigenvalue weighted by atomic mass is 32.1. The molecule has 0 radical (unpaired) electrons. The molecular formula is C96H96O39S3. The maximum Gasteiger partial charge on any atom is 0.310 e. The molecule has 6 aromatic carbocycles. The van der Waals surface area contributed by atoms with Crippen molar-refractivity contribution in [3.05, 3.63) is 190 Å². The summed E-state index contributed by atoms with van der Waals surface area (Å²) in [6, 6.07) is 25.5. The number of aliphatic hydroxyl groups excluding tert-OH is 6. The van der Waals surface area contributed by atoms with Crippen molar-refractivity contribution in [1.82, 2.24) is 0 Å². The third-order valence-electron chi connectivity index (χ3n) is 26.1. The fourth-order valence-corrected chi connectivity index (χ4v) is 21.7. The van der Waals surface area contributed by atoms with Crippen molar-refractivity contribution in [3.63, 3.8) is 0 Å². The highest BCUT2D eigenvalue weighted by molar-refractivity contribution is 7.10. The fraction of sp³-hybridized carbons (Fsp3) is 0.469. The molecule has 15 heterocycles. The average Bonchev–Trinajstić information content (AvgIpc) is 1.56. The number of aliphatic hydroxyl groups is 6. The van der Waals surface area contributed by atoms with Gasteiger partial charge in [-0.1, -0.05) is 18.2 Å². The third kappa shape index (κ3) is 16.1. The van der Waals surface area contributed by atoms with E-state index in [2.05, 4.69) is 0 Å². The van der Waals surface area contributed by atoms with Gasteiger partial charge in [-0.05, 0) is 157 Å². The van der Waals surface area contributed by atoms with Gasteiger partial charge in [-0.2, -0.15) is 0 Å². The van der Waals surface area contributed by atoms with Crippen LogP contribution in [0, 0.1) is 35.5 Å². The van der Waals surface area contributed by atoms with Crippen LogP contribution in [-0.2, 0) is 85.4 Å². The lowest BCUT2D eigenvalue weighted by Crippen LogP contribution is -2.62. The van der Waals surface area contributed by atoms with Crippen molar-refractivity contribution >= 4 is 51.9 Å². The second kappa shape index (κ2) is 37.6. The molecule has 9 aromatic rings. The molecule has 12 aliphatic heterocycles. The number of benzene rings is 6. The number of methoxy groups -OCH3 is 6. The van der Waals surface area contributed by atoms with E-state index < -0.39 is 291 Å². The summed E-state index contributed by atoms with van der Waals surface area (Å²) in [5.41, 5.74) is 0.860. The summed E-state index contributed by atoms with van der Waals surface area (Å²) >= 11 is 3.69. The van der Waals surface area contributed by atoms with Crippen LogP contribution < -0.4 is 56.8 Å². The molecule has 9 N–H and O–H groups in total. The van der Waals surface area contributed by atoms with Gasteiger partial charge in [-0.15, -0.1) is 34.0 Å². The van der Waals surface area contributed by atoms with Gasteiger partial charge in [0.15, 0.2) is 107 Å². The molecule has 138 heavy (non-hydrogen) atoms. The van der Waals surface area contributed by atoms with E-state index in [0.717, 1.165) is 12.1 Å². The van der Waals surface area contributed by atoms with Gasteiger partial charge >= 0.3 is 17.9 Å². The number of esters is 3. The van der Waals surface area contributed by atoms with E-state index in [4.69, 9.17) is 158 Å². The number of ether oxygens (including phenoxy) is 27. The number of phenols is 3. The van der Waals surface area contributed by atoms with Crippen molar-refractivity contribution in [2.45, 2.75) is 147 Å². The molecule has 39 nitrogen and oxygen atoms in total. The first-order chi connectivity index (χ1) is 75.5. The molecule has 3 aliphatic carbocycles. The van der Waals surface area contributed by atoms with Gasteiger partial charge in [0.1, 0.15) is 81.5 Å². The standard InChI is InChI=1S/3C32H32O13S/c3*1-37-19-6-13(7-20(38-2)25(19)33)23-14-8-17-18(42-12-41-17)9-15(14)28(16-10-39-30(36)24(16)23)44-32-27(35)26(34)29-21(43-32)11-40-31(45-29)22-4-3-5-46-22/h3*3-9,16,21,23-24,26-29,31-35H,10-12H2,1-2H3/t3*16-,21+,23+,24-,26+,27+,28+,29+,31+,32-/m000/s1/i10D2,11D2,12D2,23D;1D3,2D3,11D2,12D2;10D2,11D2,12D2. The number of hydrogen-bond donors (Lipinski definition) is 9. The molecule has 24 rings (SSSR count). The maximum atomic E-state index is 13.8. The van der Waals surface area contributed by atoms with Crippen molar-refractivity contribution in [2.24, 2.45) is 35.5 Å². The fourth-order valence-electron chi connectivity index (χ4n) is 19.6. The monoisotopic (exact) mass is 1990 g/mol. The number of cyclic esters (lactones) is 3.